The highest BCUT2D eigenvalue weighted by atomic mass is 35.5. The molecule has 0 unspecified atom stereocenters. The second-order valence-electron chi connectivity index (χ2n) is 4.86. The quantitative estimate of drug-likeness (QED) is 0.682. The number of hydrogen-bond acceptors (Lipinski definition) is 3. The number of nitrogens with one attached hydrogen (secondary N) is 1. The van der Waals surface area contributed by atoms with E-state index >= 15 is 0 Å². The molecule has 0 saturated carbocycles. The highest BCUT2D eigenvalue weighted by Gasteiger charge is 2.32. The van der Waals surface area contributed by atoms with Crippen LogP contribution in [0.15, 0.2) is 54.2 Å². The lowest BCUT2D eigenvalue weighted by Gasteiger charge is -2.15. The van der Waals surface area contributed by atoms with Crippen LogP contribution in [0.5, 0.6) is 5.75 Å². The van der Waals surface area contributed by atoms with Gasteiger partial charge in [-0.25, -0.2) is 0 Å². The number of para-hydroxylation sites is 1. The van der Waals surface area contributed by atoms with Gasteiger partial charge in [-0.3, -0.25) is 9.69 Å². The SMILES string of the molecule is COc1cccc(/C=C2\NC(=S)N(c3ccccc3Cl)C2=O)c1. The van der Waals surface area contributed by atoms with Gasteiger partial charge < -0.3 is 10.1 Å². The predicted octanol–water partition coefficient (Wildman–Crippen LogP) is 3.61. The molecule has 1 aliphatic heterocycles. The van der Waals surface area contributed by atoms with Crippen LogP contribution in [0.2, 0.25) is 5.02 Å². The van der Waals surface area contributed by atoms with Crippen molar-refractivity contribution in [2.24, 2.45) is 0 Å². The lowest BCUT2D eigenvalue weighted by Crippen LogP contribution is -2.30. The lowest BCUT2D eigenvalue weighted by atomic mass is 10.2. The number of ether oxygens (including phenoxy) is 1. The first-order chi connectivity index (χ1) is 11.1. The van der Waals surface area contributed by atoms with Crippen molar-refractivity contribution < 1.29 is 9.53 Å². The van der Waals surface area contributed by atoms with E-state index < -0.39 is 0 Å². The van der Waals surface area contributed by atoms with Crippen molar-refractivity contribution in [1.82, 2.24) is 5.32 Å². The fraction of sp³-hybridized carbons (Fsp3) is 0.0588. The van der Waals surface area contributed by atoms with Gasteiger partial charge in [0.25, 0.3) is 5.91 Å². The smallest absolute Gasteiger partial charge is 0.281 e. The van der Waals surface area contributed by atoms with Crippen LogP contribution in [0.4, 0.5) is 5.69 Å². The number of amides is 1. The van der Waals surface area contributed by atoms with Crippen LogP contribution in [0, 0.1) is 0 Å². The van der Waals surface area contributed by atoms with Crippen molar-refractivity contribution in [3.63, 3.8) is 0 Å². The van der Waals surface area contributed by atoms with Gasteiger partial charge in [0.2, 0.25) is 0 Å². The van der Waals surface area contributed by atoms with Gasteiger partial charge in [-0.2, -0.15) is 0 Å². The molecule has 0 radical (unpaired) electrons. The van der Waals surface area contributed by atoms with Crippen LogP contribution in [-0.4, -0.2) is 18.1 Å². The predicted molar refractivity (Wildman–Crippen MR) is 95.6 cm³/mol. The van der Waals surface area contributed by atoms with Crippen LogP contribution in [-0.2, 0) is 4.79 Å². The summed E-state index contributed by atoms with van der Waals surface area (Å²) in [7, 11) is 1.60. The maximum Gasteiger partial charge on any atom is 0.281 e. The summed E-state index contributed by atoms with van der Waals surface area (Å²) >= 11 is 11.4. The third-order valence-corrected chi connectivity index (χ3v) is 3.98. The van der Waals surface area contributed by atoms with Gasteiger partial charge >= 0.3 is 0 Å². The van der Waals surface area contributed by atoms with Gasteiger partial charge in [-0.1, -0.05) is 35.9 Å². The van der Waals surface area contributed by atoms with Crippen LogP contribution < -0.4 is 15.0 Å². The summed E-state index contributed by atoms with van der Waals surface area (Å²) in [6, 6.07) is 14.5. The van der Waals surface area contributed by atoms with E-state index in [0.717, 1.165) is 11.3 Å². The summed E-state index contributed by atoms with van der Waals surface area (Å²) in [5.41, 5.74) is 1.79. The van der Waals surface area contributed by atoms with E-state index in [1.807, 2.05) is 24.3 Å². The number of halogens is 1. The Morgan fingerprint density at radius 2 is 2.00 bits per heavy atom. The molecule has 23 heavy (non-hydrogen) atoms. The molecule has 0 bridgehead atoms. The highest BCUT2D eigenvalue weighted by molar-refractivity contribution is 7.80. The molecular weight excluding hydrogens is 332 g/mol. The first-order valence-electron chi connectivity index (χ1n) is 6.86. The second kappa shape index (κ2) is 6.40. The van der Waals surface area contributed by atoms with Gasteiger partial charge in [0.1, 0.15) is 11.4 Å². The molecule has 1 heterocycles. The minimum atomic E-state index is -0.245. The molecule has 116 valence electrons. The van der Waals surface area contributed by atoms with Gasteiger partial charge in [-0.05, 0) is 48.1 Å². The Morgan fingerprint density at radius 1 is 1.22 bits per heavy atom. The molecular formula is C17H13ClN2O2S. The number of nitrogens with zero attached hydrogens (tertiary/aromatic N) is 1. The molecule has 1 fully saturated rings. The minimum absolute atomic E-state index is 0.245. The van der Waals surface area contributed by atoms with E-state index in [4.69, 9.17) is 28.6 Å². The van der Waals surface area contributed by atoms with E-state index in [2.05, 4.69) is 5.32 Å². The van der Waals surface area contributed by atoms with Gasteiger partial charge in [0, 0.05) is 0 Å². The second-order valence-corrected chi connectivity index (χ2v) is 5.65. The number of hydrogen-bond donors (Lipinski definition) is 1. The molecule has 0 spiro atoms. The van der Waals surface area contributed by atoms with Gasteiger partial charge in [0.05, 0.1) is 17.8 Å². The average molecular weight is 345 g/mol. The number of carbonyl (C=O) groups is 1. The van der Waals surface area contributed by atoms with Crippen molar-refractivity contribution in [2.75, 3.05) is 12.0 Å². The molecule has 0 aromatic heterocycles. The Hall–Kier alpha value is -2.37. The molecule has 6 heteroatoms. The Kier molecular flexibility index (Phi) is 4.32. The molecule has 3 rings (SSSR count). The standard InChI is InChI=1S/C17H13ClN2O2S/c1-22-12-6-4-5-11(9-12)10-14-16(21)20(17(23)19-14)15-8-3-2-7-13(15)18/h2-10H,1H3,(H,19,23)/b14-10-. The fourth-order valence-corrected chi connectivity index (χ4v) is 2.80. The average Bonchev–Trinajstić information content (AvgIpc) is 2.82. The normalized spacial score (nSPS) is 15.9. The van der Waals surface area contributed by atoms with E-state index in [-0.39, 0.29) is 5.91 Å². The van der Waals surface area contributed by atoms with Crippen molar-refractivity contribution in [3.05, 3.63) is 64.8 Å². The monoisotopic (exact) mass is 344 g/mol. The Morgan fingerprint density at radius 3 is 2.74 bits per heavy atom. The van der Waals surface area contributed by atoms with E-state index in [0.29, 0.717) is 21.5 Å². The summed E-state index contributed by atoms with van der Waals surface area (Å²) in [5.74, 6) is 0.473. The van der Waals surface area contributed by atoms with Crippen LogP contribution in [0.1, 0.15) is 5.56 Å². The van der Waals surface area contributed by atoms with Gasteiger partial charge in [-0.15, -0.1) is 0 Å². The molecule has 2 aromatic rings. The fourth-order valence-electron chi connectivity index (χ4n) is 2.28. The summed E-state index contributed by atoms with van der Waals surface area (Å²) in [4.78, 5) is 14.0. The Bertz CT molecular complexity index is 820. The van der Waals surface area contributed by atoms with Gasteiger partial charge in [0.15, 0.2) is 5.11 Å². The highest BCUT2D eigenvalue weighted by Crippen LogP contribution is 2.29. The van der Waals surface area contributed by atoms with E-state index in [1.54, 1.807) is 37.5 Å². The first kappa shape index (κ1) is 15.5. The summed E-state index contributed by atoms with van der Waals surface area (Å²) in [6.45, 7) is 0. The number of carbonyl (C=O) groups excluding carboxylic acids is 1. The number of methoxy groups -OCH3 is 1. The summed E-state index contributed by atoms with van der Waals surface area (Å²) in [5, 5.41) is 3.70. The molecule has 2 aromatic carbocycles. The van der Waals surface area contributed by atoms with Crippen LogP contribution in [0.25, 0.3) is 6.08 Å². The molecule has 0 atom stereocenters. The van der Waals surface area contributed by atoms with Crippen molar-refractivity contribution in [2.45, 2.75) is 0 Å². The zero-order valence-electron chi connectivity index (χ0n) is 12.2. The Balaban J connectivity index is 1.95. The van der Waals surface area contributed by atoms with Crippen LogP contribution in [0.3, 0.4) is 0 Å². The maximum atomic E-state index is 12.6. The number of thiocarbonyl (C=S) groups is 1. The molecule has 1 aliphatic rings. The number of benzene rings is 2. The molecule has 0 aliphatic carbocycles. The maximum absolute atomic E-state index is 12.6. The zero-order chi connectivity index (χ0) is 16.4. The number of anilines is 1. The largest absolute Gasteiger partial charge is 0.497 e. The van der Waals surface area contributed by atoms with Crippen LogP contribution >= 0.6 is 23.8 Å². The Labute approximate surface area is 144 Å². The molecule has 4 nitrogen and oxygen atoms in total. The van der Waals surface area contributed by atoms with E-state index in [1.165, 1.54) is 4.90 Å². The third kappa shape index (κ3) is 3.06. The summed E-state index contributed by atoms with van der Waals surface area (Å²) in [6.07, 6.45) is 1.73. The zero-order valence-corrected chi connectivity index (χ0v) is 13.8. The van der Waals surface area contributed by atoms with Crippen molar-refractivity contribution in [3.8, 4) is 5.75 Å². The number of rotatable bonds is 3. The molecule has 1 amide bonds. The van der Waals surface area contributed by atoms with E-state index in [9.17, 15) is 4.79 Å². The lowest BCUT2D eigenvalue weighted by molar-refractivity contribution is -0.113. The minimum Gasteiger partial charge on any atom is -0.497 e. The van der Waals surface area contributed by atoms with Crippen molar-refractivity contribution in [1.29, 1.82) is 0 Å². The molecule has 1 saturated heterocycles. The molecule has 1 N–H and O–H groups in total. The first-order valence-corrected chi connectivity index (χ1v) is 7.64. The summed E-state index contributed by atoms with van der Waals surface area (Å²) < 4.78 is 5.19. The topological polar surface area (TPSA) is 41.6 Å². The third-order valence-electron chi connectivity index (χ3n) is 3.38. The van der Waals surface area contributed by atoms with Crippen molar-refractivity contribution >= 4 is 46.6 Å².